The minimum atomic E-state index is 0.0584. The number of pyridine rings is 1. The molecule has 0 bridgehead atoms. The number of carbonyl (C=O) groups is 2. The molecule has 5 nitrogen and oxygen atoms in total. The van der Waals surface area contributed by atoms with Crippen LogP contribution in [0.4, 0.5) is 0 Å². The monoisotopic (exact) mass is 451 g/mol. The van der Waals surface area contributed by atoms with E-state index in [4.69, 9.17) is 0 Å². The maximum atomic E-state index is 12.9. The zero-order chi connectivity index (χ0) is 22.2. The molecule has 1 aromatic heterocycles. The number of benzene rings is 1. The summed E-state index contributed by atoms with van der Waals surface area (Å²) in [5.74, 6) is 1.92. The molecule has 0 radical (unpaired) electrons. The van der Waals surface area contributed by atoms with Gasteiger partial charge in [0, 0.05) is 61.2 Å². The van der Waals surface area contributed by atoms with E-state index < -0.39 is 0 Å². The Balaban J connectivity index is 1.21. The van der Waals surface area contributed by atoms with Crippen LogP contribution in [0.25, 0.3) is 0 Å². The van der Waals surface area contributed by atoms with E-state index in [2.05, 4.69) is 11.1 Å². The van der Waals surface area contributed by atoms with Gasteiger partial charge in [-0.1, -0.05) is 38.2 Å². The molecule has 0 unspecified atom stereocenters. The van der Waals surface area contributed by atoms with Crippen molar-refractivity contribution in [3.63, 3.8) is 0 Å². The molecule has 32 heavy (non-hydrogen) atoms. The fourth-order valence-electron chi connectivity index (χ4n) is 4.65. The van der Waals surface area contributed by atoms with Crippen molar-refractivity contribution in [3.05, 3.63) is 59.9 Å². The van der Waals surface area contributed by atoms with Gasteiger partial charge in [0.2, 0.25) is 5.91 Å². The van der Waals surface area contributed by atoms with Gasteiger partial charge in [-0.25, -0.2) is 0 Å². The van der Waals surface area contributed by atoms with Crippen LogP contribution < -0.4 is 0 Å². The Morgan fingerprint density at radius 3 is 2.34 bits per heavy atom. The lowest BCUT2D eigenvalue weighted by atomic mass is 9.86. The van der Waals surface area contributed by atoms with Gasteiger partial charge in [-0.3, -0.25) is 14.6 Å². The smallest absolute Gasteiger partial charge is 0.253 e. The van der Waals surface area contributed by atoms with Crippen molar-refractivity contribution in [2.24, 2.45) is 5.92 Å². The average molecular weight is 452 g/mol. The van der Waals surface area contributed by atoms with Crippen LogP contribution in [0.5, 0.6) is 0 Å². The topological polar surface area (TPSA) is 53.5 Å². The van der Waals surface area contributed by atoms with Crippen molar-refractivity contribution in [2.45, 2.75) is 55.6 Å². The third-order valence-electron chi connectivity index (χ3n) is 6.64. The zero-order valence-electron chi connectivity index (χ0n) is 18.7. The van der Waals surface area contributed by atoms with Gasteiger partial charge >= 0.3 is 0 Å². The molecule has 1 saturated carbocycles. The Morgan fingerprint density at radius 2 is 1.66 bits per heavy atom. The molecule has 2 heterocycles. The van der Waals surface area contributed by atoms with Gasteiger partial charge < -0.3 is 9.80 Å². The van der Waals surface area contributed by atoms with Gasteiger partial charge in [-0.15, -0.1) is 11.8 Å². The van der Waals surface area contributed by atoms with E-state index in [1.165, 1.54) is 37.7 Å². The Kier molecular flexibility index (Phi) is 8.21. The third-order valence-corrected chi connectivity index (χ3v) is 7.72. The highest BCUT2D eigenvalue weighted by atomic mass is 32.2. The largest absolute Gasteiger partial charge is 0.339 e. The molecule has 1 aliphatic heterocycles. The molecular formula is C26H33N3O2S. The minimum Gasteiger partial charge on any atom is -0.339 e. The van der Waals surface area contributed by atoms with Crippen molar-refractivity contribution >= 4 is 23.6 Å². The van der Waals surface area contributed by atoms with Crippen LogP contribution in [0.2, 0.25) is 0 Å². The average Bonchev–Trinajstić information content (AvgIpc) is 2.87. The van der Waals surface area contributed by atoms with E-state index in [0.29, 0.717) is 38.2 Å². The minimum absolute atomic E-state index is 0.0584. The molecule has 0 atom stereocenters. The summed E-state index contributed by atoms with van der Waals surface area (Å²) in [7, 11) is 0. The van der Waals surface area contributed by atoms with Crippen molar-refractivity contribution in [1.82, 2.24) is 14.8 Å². The highest BCUT2D eigenvalue weighted by Crippen LogP contribution is 2.27. The summed E-state index contributed by atoms with van der Waals surface area (Å²) in [4.78, 5) is 34.6. The summed E-state index contributed by atoms with van der Waals surface area (Å²) in [5.41, 5.74) is 1.90. The van der Waals surface area contributed by atoms with Crippen LogP contribution in [0.1, 0.15) is 60.9 Å². The van der Waals surface area contributed by atoms with E-state index in [9.17, 15) is 9.59 Å². The summed E-state index contributed by atoms with van der Waals surface area (Å²) in [6.45, 7) is 2.53. The number of thioether (sulfide) groups is 1. The normalized spacial score (nSPS) is 17.4. The number of carbonyl (C=O) groups excluding carboxylic acids is 2. The van der Waals surface area contributed by atoms with Crippen molar-refractivity contribution < 1.29 is 9.59 Å². The summed E-state index contributed by atoms with van der Waals surface area (Å²) < 4.78 is 0. The molecular weight excluding hydrogens is 418 g/mol. The van der Waals surface area contributed by atoms with Crippen molar-refractivity contribution in [2.75, 3.05) is 26.2 Å². The Bertz CT molecular complexity index is 874. The molecule has 170 valence electrons. The molecule has 2 aromatic rings. The lowest BCUT2D eigenvalue weighted by Gasteiger charge is -2.35. The summed E-state index contributed by atoms with van der Waals surface area (Å²) in [6.07, 6.45) is 11.9. The number of hydrogen-bond donors (Lipinski definition) is 0. The van der Waals surface area contributed by atoms with Gasteiger partial charge in [-0.05, 0) is 48.2 Å². The molecule has 2 aliphatic rings. The number of piperazine rings is 1. The van der Waals surface area contributed by atoms with Crippen LogP contribution in [0, 0.1) is 5.92 Å². The van der Waals surface area contributed by atoms with E-state index in [1.807, 2.05) is 46.3 Å². The number of nitrogens with zero attached hydrogens (tertiary/aromatic N) is 3. The maximum Gasteiger partial charge on any atom is 0.253 e. The predicted octanol–water partition coefficient (Wildman–Crippen LogP) is 5.02. The fourth-order valence-corrected chi connectivity index (χ4v) is 5.48. The van der Waals surface area contributed by atoms with Crippen LogP contribution in [-0.4, -0.2) is 52.8 Å². The molecule has 1 aromatic carbocycles. The molecule has 2 fully saturated rings. The van der Waals surface area contributed by atoms with E-state index in [-0.39, 0.29) is 11.8 Å². The quantitative estimate of drug-likeness (QED) is 0.555. The second-order valence-corrected chi connectivity index (χ2v) is 9.94. The Hall–Kier alpha value is -2.34. The molecule has 0 spiro atoms. The van der Waals surface area contributed by atoms with E-state index in [0.717, 1.165) is 23.0 Å². The Labute approximate surface area is 195 Å². The molecule has 1 aliphatic carbocycles. The predicted molar refractivity (Wildman–Crippen MR) is 129 cm³/mol. The van der Waals surface area contributed by atoms with Crippen LogP contribution in [0.15, 0.2) is 53.7 Å². The first kappa shape index (κ1) is 22.8. The number of amides is 2. The molecule has 6 heteroatoms. The highest BCUT2D eigenvalue weighted by molar-refractivity contribution is 7.98. The van der Waals surface area contributed by atoms with Crippen LogP contribution >= 0.6 is 11.8 Å². The first-order chi connectivity index (χ1) is 15.7. The van der Waals surface area contributed by atoms with Crippen LogP contribution in [0.3, 0.4) is 0 Å². The molecule has 0 N–H and O–H groups in total. The van der Waals surface area contributed by atoms with Gasteiger partial charge in [-0.2, -0.15) is 0 Å². The molecule has 4 rings (SSSR count). The van der Waals surface area contributed by atoms with Crippen molar-refractivity contribution in [1.29, 1.82) is 0 Å². The number of rotatable bonds is 7. The third kappa shape index (κ3) is 6.35. The fraction of sp³-hybridized carbons (Fsp3) is 0.500. The Morgan fingerprint density at radius 1 is 0.938 bits per heavy atom. The SMILES string of the molecule is O=C(CCC1CCCCC1)N1CCN(C(=O)c2ccc(SCc3cccnc3)cc2)CC1. The highest BCUT2D eigenvalue weighted by Gasteiger charge is 2.25. The standard InChI is InChI=1S/C26H33N3O2S/c30-25(13-8-21-5-2-1-3-6-21)28-15-17-29(18-16-28)26(31)23-9-11-24(12-10-23)32-20-22-7-4-14-27-19-22/h4,7,9-12,14,19,21H,1-3,5-6,8,13,15-18,20H2. The first-order valence-electron chi connectivity index (χ1n) is 11.9. The van der Waals surface area contributed by atoms with Crippen molar-refractivity contribution in [3.8, 4) is 0 Å². The molecule has 1 saturated heterocycles. The van der Waals surface area contributed by atoms with Gasteiger partial charge in [0.25, 0.3) is 5.91 Å². The first-order valence-corrected chi connectivity index (χ1v) is 12.9. The summed E-state index contributed by atoms with van der Waals surface area (Å²) in [5, 5.41) is 0. The van der Waals surface area contributed by atoms with Crippen LogP contribution in [-0.2, 0) is 10.5 Å². The number of hydrogen-bond acceptors (Lipinski definition) is 4. The number of aromatic nitrogens is 1. The van der Waals surface area contributed by atoms with Gasteiger partial charge in [0.1, 0.15) is 0 Å². The second kappa shape index (κ2) is 11.5. The maximum absolute atomic E-state index is 12.9. The zero-order valence-corrected chi connectivity index (χ0v) is 19.6. The van der Waals surface area contributed by atoms with E-state index in [1.54, 1.807) is 18.0 Å². The molecule has 2 amide bonds. The lowest BCUT2D eigenvalue weighted by Crippen LogP contribution is -2.50. The lowest BCUT2D eigenvalue weighted by molar-refractivity contribution is -0.133. The summed E-state index contributed by atoms with van der Waals surface area (Å²) >= 11 is 1.74. The summed E-state index contributed by atoms with van der Waals surface area (Å²) in [6, 6.07) is 11.9. The van der Waals surface area contributed by atoms with E-state index >= 15 is 0 Å². The van der Waals surface area contributed by atoms with Gasteiger partial charge in [0.05, 0.1) is 0 Å². The van der Waals surface area contributed by atoms with Gasteiger partial charge in [0.15, 0.2) is 0 Å². The second-order valence-electron chi connectivity index (χ2n) is 8.89.